The number of ether oxygens (including phenoxy) is 1. The Morgan fingerprint density at radius 3 is 1.96 bits per heavy atom. The Kier molecular flexibility index (Phi) is 5.87. The largest absolute Gasteiger partial charge is 0.481 e. The molecule has 0 spiro atoms. The second kappa shape index (κ2) is 7.84. The van der Waals surface area contributed by atoms with Crippen LogP contribution in [-0.2, 0) is 29.6 Å². The smallest absolute Gasteiger partial charge is 0.307 e. The second-order valence-electron chi connectivity index (χ2n) is 6.53. The first-order valence-electron chi connectivity index (χ1n) is 8.64. The summed E-state index contributed by atoms with van der Waals surface area (Å²) in [4.78, 5) is 11.1. The third kappa shape index (κ3) is 4.16. The van der Waals surface area contributed by atoms with E-state index in [0.29, 0.717) is 26.1 Å². The minimum Gasteiger partial charge on any atom is -0.481 e. The molecule has 1 aromatic carbocycles. The fourth-order valence-electron chi connectivity index (χ4n) is 3.23. The van der Waals surface area contributed by atoms with Crippen LogP contribution < -0.4 is 0 Å². The fraction of sp³-hybridized carbons (Fsp3) is 0.562. The van der Waals surface area contributed by atoms with Crippen molar-refractivity contribution in [1.82, 2.24) is 8.61 Å². The Morgan fingerprint density at radius 1 is 0.926 bits per heavy atom. The van der Waals surface area contributed by atoms with Crippen LogP contribution in [0, 0.1) is 5.92 Å². The Hall–Kier alpha value is -1.53. The summed E-state index contributed by atoms with van der Waals surface area (Å²) in [5, 5.41) is 9.14. The van der Waals surface area contributed by atoms with Gasteiger partial charge in [0, 0.05) is 26.2 Å². The molecule has 0 unspecified atom stereocenters. The van der Waals surface area contributed by atoms with Gasteiger partial charge in [0.2, 0.25) is 20.0 Å². The Labute approximate surface area is 158 Å². The average molecular weight is 418 g/mol. The molecule has 1 N–H and O–H groups in total. The molecular formula is C16H22N2O7S2. The van der Waals surface area contributed by atoms with Crippen LogP contribution in [0.5, 0.6) is 0 Å². The highest BCUT2D eigenvalue weighted by Gasteiger charge is 2.33. The number of piperidine rings is 1. The van der Waals surface area contributed by atoms with Crippen molar-refractivity contribution >= 4 is 26.0 Å². The molecule has 2 heterocycles. The highest BCUT2D eigenvalue weighted by Crippen LogP contribution is 2.25. The lowest BCUT2D eigenvalue weighted by Crippen LogP contribution is -2.42. The minimum atomic E-state index is -3.87. The summed E-state index contributed by atoms with van der Waals surface area (Å²) in [5.74, 6) is -1.74. The summed E-state index contributed by atoms with van der Waals surface area (Å²) in [6, 6.07) is 5.06. The standard InChI is InChI=1S/C16H22N2O7S2/c19-16(20)13-2-1-7-18(12-13)27(23,24)15-5-3-14(4-6-15)26(21,22)17-8-10-25-11-9-17/h3-6,13H,1-2,7-12H2,(H,19,20)/t13-/m1/s1. The molecule has 1 aromatic rings. The molecule has 2 aliphatic rings. The van der Waals surface area contributed by atoms with Crippen LogP contribution >= 0.6 is 0 Å². The number of morpholine rings is 1. The van der Waals surface area contributed by atoms with E-state index in [-0.39, 0.29) is 36.0 Å². The molecule has 0 amide bonds. The third-order valence-electron chi connectivity index (χ3n) is 4.80. The number of nitrogens with zero attached hydrogens (tertiary/aromatic N) is 2. The maximum Gasteiger partial charge on any atom is 0.307 e. The molecular weight excluding hydrogens is 396 g/mol. The molecule has 1 atom stereocenters. The molecule has 0 bridgehead atoms. The van der Waals surface area contributed by atoms with E-state index in [4.69, 9.17) is 9.84 Å². The molecule has 0 radical (unpaired) electrons. The quantitative estimate of drug-likeness (QED) is 0.724. The topological polar surface area (TPSA) is 121 Å². The number of carboxylic acid groups (broad SMARTS) is 1. The van der Waals surface area contributed by atoms with E-state index in [1.807, 2.05) is 0 Å². The molecule has 2 aliphatic heterocycles. The van der Waals surface area contributed by atoms with Gasteiger partial charge in [0.1, 0.15) is 0 Å². The average Bonchev–Trinajstić information content (AvgIpc) is 2.69. The molecule has 11 heteroatoms. The Morgan fingerprint density at radius 2 is 1.44 bits per heavy atom. The van der Waals surface area contributed by atoms with Crippen molar-refractivity contribution in [2.75, 3.05) is 39.4 Å². The van der Waals surface area contributed by atoms with Crippen LogP contribution in [0.15, 0.2) is 34.1 Å². The number of sulfonamides is 2. The van der Waals surface area contributed by atoms with Crippen LogP contribution in [0.3, 0.4) is 0 Å². The van der Waals surface area contributed by atoms with Crippen LogP contribution in [0.1, 0.15) is 12.8 Å². The molecule has 27 heavy (non-hydrogen) atoms. The van der Waals surface area contributed by atoms with E-state index >= 15 is 0 Å². The van der Waals surface area contributed by atoms with Crippen LogP contribution in [0.2, 0.25) is 0 Å². The maximum atomic E-state index is 12.8. The van der Waals surface area contributed by atoms with Crippen molar-refractivity contribution in [3.63, 3.8) is 0 Å². The molecule has 9 nitrogen and oxygen atoms in total. The summed E-state index contributed by atoms with van der Waals surface area (Å²) >= 11 is 0. The first-order valence-corrected chi connectivity index (χ1v) is 11.5. The maximum absolute atomic E-state index is 12.8. The SMILES string of the molecule is O=C(O)[C@@H]1CCCN(S(=O)(=O)c2ccc(S(=O)(=O)N3CCOCC3)cc2)C1. The number of aliphatic carboxylic acids is 1. The monoisotopic (exact) mass is 418 g/mol. The van der Waals surface area contributed by atoms with Gasteiger partial charge in [0.15, 0.2) is 0 Å². The zero-order valence-electron chi connectivity index (χ0n) is 14.7. The van der Waals surface area contributed by atoms with E-state index in [2.05, 4.69) is 0 Å². The number of hydrogen-bond donors (Lipinski definition) is 1. The van der Waals surface area contributed by atoms with Crippen molar-refractivity contribution in [2.45, 2.75) is 22.6 Å². The second-order valence-corrected chi connectivity index (χ2v) is 10.4. The number of benzene rings is 1. The zero-order valence-corrected chi connectivity index (χ0v) is 16.3. The lowest BCUT2D eigenvalue weighted by atomic mass is 10.0. The van der Waals surface area contributed by atoms with Gasteiger partial charge in [-0.25, -0.2) is 16.8 Å². The van der Waals surface area contributed by atoms with E-state index in [0.717, 1.165) is 4.31 Å². The van der Waals surface area contributed by atoms with Gasteiger partial charge in [-0.3, -0.25) is 4.79 Å². The number of hydrogen-bond acceptors (Lipinski definition) is 6. The van der Waals surface area contributed by atoms with Gasteiger partial charge in [-0.05, 0) is 37.1 Å². The summed E-state index contributed by atoms with van der Waals surface area (Å²) in [6.07, 6.45) is 0.914. The van der Waals surface area contributed by atoms with Gasteiger partial charge in [-0.15, -0.1) is 0 Å². The first-order chi connectivity index (χ1) is 12.7. The number of carboxylic acids is 1. The van der Waals surface area contributed by atoms with Gasteiger partial charge in [-0.1, -0.05) is 0 Å². The van der Waals surface area contributed by atoms with Gasteiger partial charge in [0.05, 0.1) is 28.9 Å². The van der Waals surface area contributed by atoms with E-state index < -0.39 is 31.9 Å². The molecule has 2 fully saturated rings. The fourth-order valence-corrected chi connectivity index (χ4v) is 6.16. The third-order valence-corrected chi connectivity index (χ3v) is 8.59. The Bertz CT molecular complexity index is 891. The van der Waals surface area contributed by atoms with Gasteiger partial charge < -0.3 is 9.84 Å². The summed E-state index contributed by atoms with van der Waals surface area (Å²) in [5.41, 5.74) is 0. The number of rotatable bonds is 5. The molecule has 0 aromatic heterocycles. The van der Waals surface area contributed by atoms with Gasteiger partial charge in [0.25, 0.3) is 0 Å². The lowest BCUT2D eigenvalue weighted by Gasteiger charge is -2.30. The predicted octanol–water partition coefficient (Wildman–Crippen LogP) is 0.193. The predicted molar refractivity (Wildman–Crippen MR) is 95.1 cm³/mol. The van der Waals surface area contributed by atoms with Crippen molar-refractivity contribution in [3.8, 4) is 0 Å². The molecule has 0 aliphatic carbocycles. The van der Waals surface area contributed by atoms with Crippen molar-refractivity contribution in [3.05, 3.63) is 24.3 Å². The van der Waals surface area contributed by atoms with Crippen LogP contribution in [-0.4, -0.2) is 75.9 Å². The van der Waals surface area contributed by atoms with E-state index in [1.165, 1.54) is 28.6 Å². The molecule has 0 saturated carbocycles. The normalized spacial score (nSPS) is 23.2. The highest BCUT2D eigenvalue weighted by molar-refractivity contribution is 7.89. The summed E-state index contributed by atoms with van der Waals surface area (Å²) in [6.45, 7) is 1.34. The van der Waals surface area contributed by atoms with Crippen molar-refractivity contribution in [2.24, 2.45) is 5.92 Å². The highest BCUT2D eigenvalue weighted by atomic mass is 32.2. The molecule has 150 valence electrons. The zero-order chi connectivity index (χ0) is 19.7. The van der Waals surface area contributed by atoms with Crippen molar-refractivity contribution in [1.29, 1.82) is 0 Å². The Balaban J connectivity index is 1.81. The first kappa shape index (κ1) is 20.2. The van der Waals surface area contributed by atoms with E-state index in [9.17, 15) is 21.6 Å². The van der Waals surface area contributed by atoms with Crippen LogP contribution in [0.4, 0.5) is 0 Å². The summed E-state index contributed by atoms with van der Waals surface area (Å²) in [7, 11) is -7.58. The number of carbonyl (C=O) groups is 1. The van der Waals surface area contributed by atoms with E-state index in [1.54, 1.807) is 0 Å². The summed E-state index contributed by atoms with van der Waals surface area (Å²) < 4.78 is 58.4. The molecule has 2 saturated heterocycles. The van der Waals surface area contributed by atoms with Gasteiger partial charge >= 0.3 is 5.97 Å². The van der Waals surface area contributed by atoms with Gasteiger partial charge in [-0.2, -0.15) is 8.61 Å². The van der Waals surface area contributed by atoms with Crippen LogP contribution in [0.25, 0.3) is 0 Å². The lowest BCUT2D eigenvalue weighted by molar-refractivity contribution is -0.142. The van der Waals surface area contributed by atoms with Crippen molar-refractivity contribution < 1.29 is 31.5 Å². The minimum absolute atomic E-state index is 0.0189. The molecule has 3 rings (SSSR count).